The number of nitrogens with one attached hydrogen (secondary N) is 1. The third-order valence-electron chi connectivity index (χ3n) is 4.33. The number of rotatable bonds is 7. The first-order valence-corrected chi connectivity index (χ1v) is 8.66. The first-order valence-electron chi connectivity index (χ1n) is 8.66. The normalized spacial score (nSPS) is 12.3. The van der Waals surface area contributed by atoms with Crippen molar-refractivity contribution in [1.29, 1.82) is 0 Å². The molecule has 28 heavy (non-hydrogen) atoms. The van der Waals surface area contributed by atoms with Crippen LogP contribution in [0.1, 0.15) is 53.7 Å². The van der Waals surface area contributed by atoms with Gasteiger partial charge in [0.15, 0.2) is 5.82 Å². The first kappa shape index (κ1) is 19.5. The second-order valence-electron chi connectivity index (χ2n) is 6.21. The lowest BCUT2D eigenvalue weighted by Crippen LogP contribution is -2.15. The fourth-order valence-corrected chi connectivity index (χ4v) is 2.99. The molecular formula is C19H18F3N5O. The van der Waals surface area contributed by atoms with Gasteiger partial charge in [0, 0.05) is 6.20 Å². The predicted octanol–water partition coefficient (Wildman–Crippen LogP) is 4.15. The second kappa shape index (κ2) is 8.20. The van der Waals surface area contributed by atoms with E-state index < -0.39 is 29.8 Å². The average Bonchev–Trinajstić information content (AvgIpc) is 2.67. The number of carbonyl (C=O) groups is 1. The van der Waals surface area contributed by atoms with Gasteiger partial charge in [-0.3, -0.25) is 9.78 Å². The summed E-state index contributed by atoms with van der Waals surface area (Å²) >= 11 is 0. The molecule has 0 bridgehead atoms. The maximum absolute atomic E-state index is 13.7. The molecule has 0 spiro atoms. The van der Waals surface area contributed by atoms with Gasteiger partial charge in [-0.25, -0.2) is 23.1 Å². The smallest absolute Gasteiger partial charge is 0.266 e. The summed E-state index contributed by atoms with van der Waals surface area (Å²) in [5, 5.41) is 3.16. The molecule has 0 aliphatic carbocycles. The Labute approximate surface area is 159 Å². The van der Waals surface area contributed by atoms with Gasteiger partial charge in [-0.15, -0.1) is 0 Å². The van der Waals surface area contributed by atoms with Gasteiger partial charge in [0.25, 0.3) is 12.3 Å². The number of alkyl halides is 2. The fraction of sp³-hybridized carbons (Fsp3) is 0.263. The van der Waals surface area contributed by atoms with Crippen LogP contribution in [0, 0.1) is 5.82 Å². The zero-order valence-corrected chi connectivity index (χ0v) is 15.0. The number of amides is 1. The third kappa shape index (κ3) is 3.88. The number of fused-ring (bicyclic) bond motifs is 1. The zero-order chi connectivity index (χ0) is 20.3. The molecule has 3 aromatic rings. The fourth-order valence-electron chi connectivity index (χ4n) is 2.99. The molecule has 3 rings (SSSR count). The quantitative estimate of drug-likeness (QED) is 0.633. The number of carbonyl (C=O) groups excluding carboxylic acids is 1. The number of hydrogen-bond donors (Lipinski definition) is 2. The number of benzene rings is 1. The van der Waals surface area contributed by atoms with Crippen molar-refractivity contribution in [3.63, 3.8) is 0 Å². The van der Waals surface area contributed by atoms with Crippen LogP contribution in [0.5, 0.6) is 0 Å². The Morgan fingerprint density at radius 2 is 1.96 bits per heavy atom. The van der Waals surface area contributed by atoms with E-state index in [2.05, 4.69) is 20.3 Å². The molecule has 0 radical (unpaired) electrons. The standard InChI is InChI=1S/C19H18F3N5O/c1-2-3-14(10-4-5-13(20)12(8-10)17(21)22)27-19-16-15(25-9-26-19)11(18(23)28)6-7-24-16/h4-9,14,17H,2-3H2,1H3,(H2,23,28)(H,25,26,27)/t14-/m1/s1. The Morgan fingerprint density at radius 1 is 1.18 bits per heavy atom. The first-order chi connectivity index (χ1) is 13.4. The van der Waals surface area contributed by atoms with Crippen molar-refractivity contribution in [2.24, 2.45) is 5.73 Å². The minimum Gasteiger partial charge on any atom is -0.366 e. The maximum Gasteiger partial charge on any atom is 0.266 e. The molecule has 0 unspecified atom stereocenters. The molecule has 0 aliphatic heterocycles. The molecule has 1 aromatic carbocycles. The van der Waals surface area contributed by atoms with Crippen molar-refractivity contribution in [2.45, 2.75) is 32.2 Å². The van der Waals surface area contributed by atoms with Crippen molar-refractivity contribution in [3.05, 3.63) is 59.3 Å². The van der Waals surface area contributed by atoms with Crippen LogP contribution in [0.3, 0.4) is 0 Å². The van der Waals surface area contributed by atoms with Crippen LogP contribution in [-0.2, 0) is 0 Å². The number of nitrogens with zero attached hydrogens (tertiary/aromatic N) is 3. The van der Waals surface area contributed by atoms with Crippen LogP contribution < -0.4 is 11.1 Å². The highest BCUT2D eigenvalue weighted by Gasteiger charge is 2.20. The van der Waals surface area contributed by atoms with Gasteiger partial charge in [-0.1, -0.05) is 19.4 Å². The summed E-state index contributed by atoms with van der Waals surface area (Å²) in [4.78, 5) is 24.1. The van der Waals surface area contributed by atoms with Gasteiger partial charge in [0.05, 0.1) is 17.2 Å². The van der Waals surface area contributed by atoms with Gasteiger partial charge in [0.1, 0.15) is 23.2 Å². The van der Waals surface area contributed by atoms with Gasteiger partial charge >= 0.3 is 0 Å². The van der Waals surface area contributed by atoms with Crippen LogP contribution in [-0.4, -0.2) is 20.9 Å². The highest BCUT2D eigenvalue weighted by molar-refractivity contribution is 6.05. The van der Waals surface area contributed by atoms with Gasteiger partial charge in [-0.05, 0) is 30.2 Å². The van der Waals surface area contributed by atoms with Crippen molar-refractivity contribution in [2.75, 3.05) is 5.32 Å². The summed E-state index contributed by atoms with van der Waals surface area (Å²) in [6.07, 6.45) is 1.08. The predicted molar refractivity (Wildman–Crippen MR) is 98.5 cm³/mol. The summed E-state index contributed by atoms with van der Waals surface area (Å²) in [6, 6.07) is 4.68. The molecule has 0 aliphatic rings. The molecule has 9 heteroatoms. The number of aromatic nitrogens is 3. The van der Waals surface area contributed by atoms with Crippen molar-refractivity contribution >= 4 is 22.8 Å². The summed E-state index contributed by atoms with van der Waals surface area (Å²) in [6.45, 7) is 1.94. The number of anilines is 1. The highest BCUT2D eigenvalue weighted by atomic mass is 19.3. The van der Waals surface area contributed by atoms with E-state index in [1.165, 1.54) is 24.7 Å². The summed E-state index contributed by atoms with van der Waals surface area (Å²) in [5.74, 6) is -1.27. The van der Waals surface area contributed by atoms with E-state index in [0.717, 1.165) is 18.6 Å². The number of halogens is 3. The monoisotopic (exact) mass is 389 g/mol. The number of nitrogens with two attached hydrogens (primary N) is 1. The van der Waals surface area contributed by atoms with Crippen LogP contribution in [0.2, 0.25) is 0 Å². The molecule has 6 nitrogen and oxygen atoms in total. The van der Waals surface area contributed by atoms with Crippen LogP contribution in [0.4, 0.5) is 19.0 Å². The third-order valence-corrected chi connectivity index (χ3v) is 4.33. The lowest BCUT2D eigenvalue weighted by molar-refractivity contribution is 0.100. The molecule has 1 amide bonds. The lowest BCUT2D eigenvalue weighted by Gasteiger charge is -2.21. The molecule has 146 valence electrons. The van der Waals surface area contributed by atoms with Crippen LogP contribution >= 0.6 is 0 Å². The summed E-state index contributed by atoms with van der Waals surface area (Å²) in [7, 11) is 0. The lowest BCUT2D eigenvalue weighted by atomic mass is 9.99. The minimum absolute atomic E-state index is 0.198. The highest BCUT2D eigenvalue weighted by Crippen LogP contribution is 2.30. The molecule has 0 saturated carbocycles. The Hall–Kier alpha value is -3.23. The Morgan fingerprint density at radius 3 is 2.64 bits per heavy atom. The second-order valence-corrected chi connectivity index (χ2v) is 6.21. The average molecular weight is 389 g/mol. The van der Waals surface area contributed by atoms with Crippen LogP contribution in [0.15, 0.2) is 36.8 Å². The van der Waals surface area contributed by atoms with Crippen molar-refractivity contribution < 1.29 is 18.0 Å². The molecule has 1 atom stereocenters. The summed E-state index contributed by atoms with van der Waals surface area (Å²) in [5.41, 5.74) is 6.04. The minimum atomic E-state index is -2.91. The van der Waals surface area contributed by atoms with E-state index in [0.29, 0.717) is 23.3 Å². The zero-order valence-electron chi connectivity index (χ0n) is 15.0. The molecule has 2 aromatic heterocycles. The Kier molecular flexibility index (Phi) is 5.72. The summed E-state index contributed by atoms with van der Waals surface area (Å²) < 4.78 is 39.8. The maximum atomic E-state index is 13.7. The van der Waals surface area contributed by atoms with Gasteiger partial charge in [-0.2, -0.15) is 0 Å². The topological polar surface area (TPSA) is 93.8 Å². The van der Waals surface area contributed by atoms with E-state index in [4.69, 9.17) is 5.73 Å². The Balaban J connectivity index is 2.03. The van der Waals surface area contributed by atoms with E-state index >= 15 is 0 Å². The molecule has 2 heterocycles. The van der Waals surface area contributed by atoms with Crippen LogP contribution in [0.25, 0.3) is 11.0 Å². The van der Waals surface area contributed by atoms with E-state index in [1.54, 1.807) is 0 Å². The molecular weight excluding hydrogens is 371 g/mol. The van der Waals surface area contributed by atoms with E-state index in [9.17, 15) is 18.0 Å². The molecule has 3 N–H and O–H groups in total. The number of pyridine rings is 1. The molecule has 0 saturated heterocycles. The van der Waals surface area contributed by atoms with E-state index in [-0.39, 0.29) is 11.1 Å². The van der Waals surface area contributed by atoms with Gasteiger partial charge in [0.2, 0.25) is 0 Å². The molecule has 0 fully saturated rings. The van der Waals surface area contributed by atoms with Crippen molar-refractivity contribution in [1.82, 2.24) is 15.0 Å². The largest absolute Gasteiger partial charge is 0.366 e. The SMILES string of the molecule is CCC[C@@H](Nc1ncnc2c(C(N)=O)ccnc12)c1ccc(F)c(C(F)F)c1. The van der Waals surface area contributed by atoms with E-state index in [1.807, 2.05) is 6.92 Å². The number of primary amides is 1. The number of hydrogen-bond acceptors (Lipinski definition) is 5. The van der Waals surface area contributed by atoms with Gasteiger partial charge < -0.3 is 11.1 Å². The Bertz CT molecular complexity index is 1010. The van der Waals surface area contributed by atoms with Crippen molar-refractivity contribution in [3.8, 4) is 0 Å².